The maximum atomic E-state index is 6.77. The third-order valence-corrected chi connectivity index (χ3v) is 12.3. The predicted octanol–water partition coefficient (Wildman–Crippen LogP) is 14.3. The first kappa shape index (κ1) is 35.8. The zero-order valence-electron chi connectivity index (χ0n) is 33.6. The lowest BCUT2D eigenvalue weighted by molar-refractivity contribution is 0.584. The molecule has 2 atom stereocenters. The summed E-state index contributed by atoms with van der Waals surface area (Å²) >= 11 is 0. The minimum Gasteiger partial charge on any atom is -0.456 e. The summed E-state index contributed by atoms with van der Waals surface area (Å²) in [7, 11) is 0. The molecule has 1 aliphatic heterocycles. The van der Waals surface area contributed by atoms with Crippen LogP contribution in [-0.2, 0) is 0 Å². The number of hydrogen-bond acceptors (Lipinski definition) is 5. The molecule has 2 aromatic heterocycles. The number of rotatable bonds is 7. The van der Waals surface area contributed by atoms with Crippen molar-refractivity contribution in [3.63, 3.8) is 0 Å². The van der Waals surface area contributed by atoms with Crippen LogP contribution in [0.3, 0.4) is 0 Å². The molecule has 3 heterocycles. The van der Waals surface area contributed by atoms with Crippen molar-refractivity contribution in [1.82, 2.24) is 15.0 Å². The summed E-state index contributed by atoms with van der Waals surface area (Å²) in [5.74, 6) is 2.68. The minimum atomic E-state index is 0.00263. The molecular weight excluding hydrogens is 757 g/mol. The second-order valence-electron chi connectivity index (χ2n) is 15.9. The van der Waals surface area contributed by atoms with E-state index in [0.717, 1.165) is 66.9 Å². The van der Waals surface area contributed by atoms with Crippen LogP contribution in [0.25, 0.3) is 84.6 Å². The van der Waals surface area contributed by atoms with E-state index in [1.54, 1.807) is 0 Å². The maximum Gasteiger partial charge on any atom is 0.164 e. The molecule has 0 N–H and O–H groups in total. The minimum absolute atomic E-state index is 0.00263. The van der Waals surface area contributed by atoms with E-state index in [0.29, 0.717) is 17.5 Å². The van der Waals surface area contributed by atoms with Gasteiger partial charge in [0.1, 0.15) is 11.3 Å². The number of benzene rings is 8. The molecule has 1 aliphatic carbocycles. The SMILES string of the molecule is C1=CC2C(c3ccccc3N2c2cccc(-c3ccccc3)c2)c2c1oc1cccc(-c3nc(-c4ccc(-c5ccccc5)cc4)nc(-c4cccc(-c5ccccc5)c4)n3)c21. The van der Waals surface area contributed by atoms with E-state index in [4.69, 9.17) is 19.4 Å². The Kier molecular flexibility index (Phi) is 8.56. The van der Waals surface area contributed by atoms with Gasteiger partial charge in [-0.05, 0) is 75.4 Å². The molecule has 5 heteroatoms. The smallest absolute Gasteiger partial charge is 0.164 e. The van der Waals surface area contributed by atoms with E-state index in [1.807, 2.05) is 18.2 Å². The summed E-state index contributed by atoms with van der Waals surface area (Å²) in [4.78, 5) is 18.3. The van der Waals surface area contributed by atoms with Crippen molar-refractivity contribution in [3.8, 4) is 67.5 Å². The third kappa shape index (κ3) is 6.13. The normalized spacial score (nSPS) is 15.0. The Labute approximate surface area is 360 Å². The van der Waals surface area contributed by atoms with E-state index in [-0.39, 0.29) is 12.0 Å². The summed E-state index contributed by atoms with van der Waals surface area (Å²) in [5.41, 5.74) is 15.2. The van der Waals surface area contributed by atoms with Crippen LogP contribution in [0.2, 0.25) is 0 Å². The molecule has 0 spiro atoms. The first-order valence-electron chi connectivity index (χ1n) is 21.1. The largest absolute Gasteiger partial charge is 0.456 e. The number of hydrogen-bond donors (Lipinski definition) is 0. The van der Waals surface area contributed by atoms with Crippen molar-refractivity contribution >= 4 is 28.4 Å². The topological polar surface area (TPSA) is 55.1 Å². The average Bonchev–Trinajstić information content (AvgIpc) is 3.91. The van der Waals surface area contributed by atoms with Gasteiger partial charge in [0.05, 0.1) is 6.04 Å². The molecule has 2 unspecified atom stereocenters. The van der Waals surface area contributed by atoms with Gasteiger partial charge < -0.3 is 9.32 Å². The van der Waals surface area contributed by atoms with Crippen LogP contribution in [0.1, 0.15) is 22.8 Å². The molecule has 0 amide bonds. The van der Waals surface area contributed by atoms with Gasteiger partial charge in [0, 0.05) is 44.9 Å². The van der Waals surface area contributed by atoms with E-state index in [9.17, 15) is 0 Å². The van der Waals surface area contributed by atoms with E-state index in [1.165, 1.54) is 22.4 Å². The van der Waals surface area contributed by atoms with Crippen molar-refractivity contribution < 1.29 is 4.42 Å². The molecule has 8 aromatic carbocycles. The molecular formula is C57H38N4O. The standard InChI is InChI=1S/C57H38N4O/c1-4-15-37(16-5-1)40-29-31-41(32-30-40)55-58-56(44-23-12-21-42(35-44)38-17-6-2-7-18-38)60-57(59-55)47-26-14-28-50-53(47)54-51(62-50)34-33-49-52(54)46-25-10-11-27-48(46)61(49)45-24-13-22-43(36-45)39-19-8-3-9-20-39/h1-36,49,52H. The number of furan rings is 1. The Morgan fingerprint density at radius 3 is 1.68 bits per heavy atom. The molecule has 0 bridgehead atoms. The Hall–Kier alpha value is -8.15. The molecule has 5 nitrogen and oxygen atoms in total. The van der Waals surface area contributed by atoms with Crippen molar-refractivity contribution in [2.45, 2.75) is 12.0 Å². The van der Waals surface area contributed by atoms with Crippen molar-refractivity contribution in [3.05, 3.63) is 229 Å². The second kappa shape index (κ2) is 14.8. The summed E-state index contributed by atoms with van der Waals surface area (Å²) in [5, 5.41) is 1.03. The Bertz CT molecular complexity index is 3300. The van der Waals surface area contributed by atoms with Crippen LogP contribution in [0.15, 0.2) is 217 Å². The van der Waals surface area contributed by atoms with Gasteiger partial charge in [0.2, 0.25) is 0 Å². The molecule has 0 fully saturated rings. The van der Waals surface area contributed by atoms with Crippen LogP contribution in [0, 0.1) is 0 Å². The number of para-hydroxylation sites is 1. The lowest BCUT2D eigenvalue weighted by atomic mass is 9.81. The zero-order chi connectivity index (χ0) is 41.0. The van der Waals surface area contributed by atoms with Crippen LogP contribution in [0.4, 0.5) is 11.4 Å². The van der Waals surface area contributed by atoms with Gasteiger partial charge in [0.15, 0.2) is 17.5 Å². The number of aromatic nitrogens is 3. The Morgan fingerprint density at radius 2 is 0.952 bits per heavy atom. The molecule has 2 aliphatic rings. The van der Waals surface area contributed by atoms with Gasteiger partial charge in [-0.25, -0.2) is 15.0 Å². The van der Waals surface area contributed by atoms with Crippen LogP contribution in [0.5, 0.6) is 0 Å². The molecule has 0 radical (unpaired) electrons. The number of nitrogens with zero attached hydrogens (tertiary/aromatic N) is 4. The highest BCUT2D eigenvalue weighted by molar-refractivity contribution is 6.00. The highest BCUT2D eigenvalue weighted by Gasteiger charge is 2.44. The van der Waals surface area contributed by atoms with E-state index >= 15 is 0 Å². The first-order chi connectivity index (χ1) is 30.7. The number of fused-ring (bicyclic) bond motifs is 7. The van der Waals surface area contributed by atoms with Crippen molar-refractivity contribution in [2.24, 2.45) is 0 Å². The van der Waals surface area contributed by atoms with Crippen LogP contribution < -0.4 is 4.90 Å². The molecule has 292 valence electrons. The lowest BCUT2D eigenvalue weighted by Crippen LogP contribution is -2.30. The molecule has 0 saturated heterocycles. The van der Waals surface area contributed by atoms with Gasteiger partial charge in [-0.15, -0.1) is 0 Å². The van der Waals surface area contributed by atoms with Gasteiger partial charge in [0.25, 0.3) is 0 Å². The predicted molar refractivity (Wildman–Crippen MR) is 252 cm³/mol. The highest BCUT2D eigenvalue weighted by atomic mass is 16.3. The average molecular weight is 795 g/mol. The van der Waals surface area contributed by atoms with E-state index < -0.39 is 0 Å². The molecule has 12 rings (SSSR count). The lowest BCUT2D eigenvalue weighted by Gasteiger charge is -2.30. The van der Waals surface area contributed by atoms with Gasteiger partial charge in [-0.2, -0.15) is 0 Å². The van der Waals surface area contributed by atoms with Gasteiger partial charge in [-0.3, -0.25) is 0 Å². The fourth-order valence-corrected chi connectivity index (χ4v) is 9.43. The van der Waals surface area contributed by atoms with Gasteiger partial charge in [-0.1, -0.05) is 182 Å². The maximum absolute atomic E-state index is 6.77. The number of anilines is 2. The summed E-state index contributed by atoms with van der Waals surface area (Å²) in [6, 6.07) is 72.4. The summed E-state index contributed by atoms with van der Waals surface area (Å²) in [6.07, 6.45) is 4.47. The van der Waals surface area contributed by atoms with Gasteiger partial charge >= 0.3 is 0 Å². The fourth-order valence-electron chi connectivity index (χ4n) is 9.43. The fraction of sp³-hybridized carbons (Fsp3) is 0.0351. The molecule has 10 aromatic rings. The quantitative estimate of drug-likeness (QED) is 0.161. The Morgan fingerprint density at radius 1 is 0.419 bits per heavy atom. The van der Waals surface area contributed by atoms with Crippen LogP contribution >= 0.6 is 0 Å². The van der Waals surface area contributed by atoms with Crippen molar-refractivity contribution in [2.75, 3.05) is 4.90 Å². The Balaban J connectivity index is 1.02. The third-order valence-electron chi connectivity index (χ3n) is 12.3. The summed E-state index contributed by atoms with van der Waals surface area (Å²) in [6.45, 7) is 0. The highest BCUT2D eigenvalue weighted by Crippen LogP contribution is 2.54. The monoisotopic (exact) mass is 794 g/mol. The molecule has 0 saturated carbocycles. The second-order valence-corrected chi connectivity index (χ2v) is 15.9. The summed E-state index contributed by atoms with van der Waals surface area (Å²) < 4.78 is 6.77. The zero-order valence-corrected chi connectivity index (χ0v) is 33.6. The van der Waals surface area contributed by atoms with Crippen LogP contribution in [-0.4, -0.2) is 21.0 Å². The molecule has 62 heavy (non-hydrogen) atoms. The van der Waals surface area contributed by atoms with Crippen molar-refractivity contribution in [1.29, 1.82) is 0 Å². The first-order valence-corrected chi connectivity index (χ1v) is 21.1. The van der Waals surface area contributed by atoms with E-state index in [2.05, 4.69) is 205 Å².